The molecule has 1 aromatic carbocycles. The molecule has 0 nitrogen and oxygen atoms in total. The van der Waals surface area contributed by atoms with E-state index in [9.17, 15) is 0 Å². The summed E-state index contributed by atoms with van der Waals surface area (Å²) in [6.07, 6.45) is 15.3. The molecule has 0 spiro atoms. The van der Waals surface area contributed by atoms with Crippen LogP contribution in [-0.4, -0.2) is 0 Å². The van der Waals surface area contributed by atoms with Gasteiger partial charge >= 0.3 is 0 Å². The third kappa shape index (κ3) is 8.75. The Bertz CT molecular complexity index is 372. The van der Waals surface area contributed by atoms with Gasteiger partial charge in [-0.15, -0.1) is 0 Å². The molecule has 0 heterocycles. The summed E-state index contributed by atoms with van der Waals surface area (Å²) in [6.45, 7) is 8.33. The van der Waals surface area contributed by atoms with E-state index >= 15 is 0 Å². The van der Waals surface area contributed by atoms with Gasteiger partial charge in [0.1, 0.15) is 0 Å². The van der Waals surface area contributed by atoms with Crippen molar-refractivity contribution in [3.8, 4) is 0 Å². The summed E-state index contributed by atoms with van der Waals surface area (Å²) in [6, 6.07) is 8.93. The van der Waals surface area contributed by atoms with Gasteiger partial charge in [0.25, 0.3) is 0 Å². The number of rotatable bonds is 12. The van der Waals surface area contributed by atoms with E-state index in [1.54, 1.807) is 0 Å². The second-order valence-corrected chi connectivity index (χ2v) is 6.41. The summed E-state index contributed by atoms with van der Waals surface area (Å²) in [7, 11) is 0. The van der Waals surface area contributed by atoms with Gasteiger partial charge in [-0.2, -0.15) is 0 Å². The molecule has 0 bridgehead atoms. The van der Waals surface area contributed by atoms with Crippen molar-refractivity contribution in [2.45, 2.75) is 84.5 Å². The van der Waals surface area contributed by atoms with Crippen molar-refractivity contribution in [1.82, 2.24) is 0 Å². The molecule has 118 valence electrons. The molecule has 1 aromatic rings. The van der Waals surface area contributed by atoms with E-state index in [0.29, 0.717) is 0 Å². The van der Waals surface area contributed by atoms with Gasteiger partial charge in [-0.25, -0.2) is 0 Å². The first-order chi connectivity index (χ1) is 10.2. The number of aryl methyl sites for hydroxylation is 1. The maximum absolute atomic E-state index is 3.98. The number of hydrogen-bond acceptors (Lipinski definition) is 0. The van der Waals surface area contributed by atoms with Crippen LogP contribution in [0.1, 0.15) is 89.2 Å². The molecule has 0 heteroatoms. The topological polar surface area (TPSA) is 0 Å². The Morgan fingerprint density at radius 2 is 1.24 bits per heavy atom. The Hall–Kier alpha value is -1.04. The lowest BCUT2D eigenvalue weighted by molar-refractivity contribution is 0.556. The molecule has 0 atom stereocenters. The lowest BCUT2D eigenvalue weighted by Crippen LogP contribution is -1.87. The first-order valence-electron chi connectivity index (χ1n) is 8.99. The van der Waals surface area contributed by atoms with E-state index in [1.807, 2.05) is 0 Å². The van der Waals surface area contributed by atoms with E-state index in [-0.39, 0.29) is 0 Å². The predicted octanol–water partition coefficient (Wildman–Crippen LogP) is 7.18. The average Bonchev–Trinajstić information content (AvgIpc) is 2.49. The fraction of sp³-hybridized carbons (Fsp3) is 0.619. The van der Waals surface area contributed by atoms with Crippen LogP contribution in [0.15, 0.2) is 30.8 Å². The molecule has 0 unspecified atom stereocenters. The predicted molar refractivity (Wildman–Crippen MR) is 96.7 cm³/mol. The van der Waals surface area contributed by atoms with Crippen molar-refractivity contribution >= 4 is 5.57 Å². The van der Waals surface area contributed by atoms with Gasteiger partial charge < -0.3 is 0 Å². The number of hydrogen-bond donors (Lipinski definition) is 0. The Morgan fingerprint density at radius 1 is 0.762 bits per heavy atom. The van der Waals surface area contributed by atoms with Crippen LogP contribution in [0, 0.1) is 0 Å². The largest absolute Gasteiger partial charge is 0.0955 e. The van der Waals surface area contributed by atoms with Crippen molar-refractivity contribution < 1.29 is 0 Å². The zero-order valence-corrected chi connectivity index (χ0v) is 14.3. The van der Waals surface area contributed by atoms with Crippen LogP contribution in [0.5, 0.6) is 0 Å². The second kappa shape index (κ2) is 11.6. The highest BCUT2D eigenvalue weighted by molar-refractivity contribution is 5.61. The first-order valence-corrected chi connectivity index (χ1v) is 8.99. The van der Waals surface area contributed by atoms with E-state index in [4.69, 9.17) is 0 Å². The molecule has 0 saturated carbocycles. The molecule has 0 saturated heterocycles. The molecule has 0 amide bonds. The Kier molecular flexibility index (Phi) is 9.95. The summed E-state index contributed by atoms with van der Waals surface area (Å²) >= 11 is 0. The summed E-state index contributed by atoms with van der Waals surface area (Å²) in [5, 5.41) is 0. The average molecular weight is 287 g/mol. The van der Waals surface area contributed by atoms with Crippen molar-refractivity contribution in [3.63, 3.8) is 0 Å². The third-order valence-corrected chi connectivity index (χ3v) is 4.27. The van der Waals surface area contributed by atoms with Crippen molar-refractivity contribution in [2.75, 3.05) is 0 Å². The number of unbranched alkanes of at least 4 members (excludes halogenated alkanes) is 9. The summed E-state index contributed by atoms with van der Waals surface area (Å²) in [5.41, 5.74) is 3.89. The molecule has 0 radical (unpaired) electrons. The van der Waals surface area contributed by atoms with Crippen LogP contribution in [-0.2, 0) is 6.42 Å². The fourth-order valence-corrected chi connectivity index (χ4v) is 2.77. The zero-order chi connectivity index (χ0) is 15.3. The highest BCUT2D eigenvalue weighted by atomic mass is 14.0. The van der Waals surface area contributed by atoms with Gasteiger partial charge in [0.15, 0.2) is 0 Å². The number of benzene rings is 1. The van der Waals surface area contributed by atoms with Crippen molar-refractivity contribution in [3.05, 3.63) is 42.0 Å². The first kappa shape index (κ1) is 18.0. The van der Waals surface area contributed by atoms with Gasteiger partial charge in [0, 0.05) is 0 Å². The van der Waals surface area contributed by atoms with Gasteiger partial charge in [-0.3, -0.25) is 0 Å². The van der Waals surface area contributed by atoms with E-state index in [2.05, 4.69) is 44.7 Å². The molecule has 0 N–H and O–H groups in total. The van der Waals surface area contributed by atoms with Gasteiger partial charge in [0.2, 0.25) is 0 Å². The standard InChI is InChI=1S/C21H34/c1-4-5-6-7-8-9-10-11-12-13-14-20-15-17-21(18-16-20)19(2)3/h15-18H,2,4-14H2,1,3H3. The molecule has 1 rings (SSSR count). The van der Waals surface area contributed by atoms with Crippen LogP contribution in [0.2, 0.25) is 0 Å². The normalized spacial score (nSPS) is 10.8. The Labute approximate surface area is 132 Å². The lowest BCUT2D eigenvalue weighted by atomic mass is 10.0. The van der Waals surface area contributed by atoms with Crippen LogP contribution >= 0.6 is 0 Å². The molecule has 0 fully saturated rings. The maximum Gasteiger partial charge on any atom is -0.0233 e. The SMILES string of the molecule is C=C(C)c1ccc(CCCCCCCCCCCC)cc1. The van der Waals surface area contributed by atoms with Crippen LogP contribution in [0.25, 0.3) is 5.57 Å². The van der Waals surface area contributed by atoms with Gasteiger partial charge in [-0.1, -0.05) is 101 Å². The third-order valence-electron chi connectivity index (χ3n) is 4.27. The minimum absolute atomic E-state index is 1.15. The van der Waals surface area contributed by atoms with Gasteiger partial charge in [-0.05, 0) is 30.9 Å². The molecule has 0 aliphatic carbocycles. The van der Waals surface area contributed by atoms with E-state index < -0.39 is 0 Å². The minimum Gasteiger partial charge on any atom is -0.0955 e. The van der Waals surface area contributed by atoms with Crippen molar-refractivity contribution in [2.24, 2.45) is 0 Å². The summed E-state index contributed by atoms with van der Waals surface area (Å²) < 4.78 is 0. The summed E-state index contributed by atoms with van der Waals surface area (Å²) in [4.78, 5) is 0. The molecule has 0 aliphatic rings. The van der Waals surface area contributed by atoms with Gasteiger partial charge in [0.05, 0.1) is 0 Å². The van der Waals surface area contributed by atoms with E-state index in [1.165, 1.54) is 81.8 Å². The highest BCUT2D eigenvalue weighted by Crippen LogP contribution is 2.15. The zero-order valence-electron chi connectivity index (χ0n) is 14.3. The Balaban J connectivity index is 1.98. The molecular formula is C21H34. The fourth-order valence-electron chi connectivity index (χ4n) is 2.77. The molecule has 21 heavy (non-hydrogen) atoms. The molecular weight excluding hydrogens is 252 g/mol. The smallest absolute Gasteiger partial charge is 0.0233 e. The van der Waals surface area contributed by atoms with Crippen LogP contribution in [0.4, 0.5) is 0 Å². The van der Waals surface area contributed by atoms with Crippen LogP contribution in [0.3, 0.4) is 0 Å². The quantitative estimate of drug-likeness (QED) is 0.357. The minimum atomic E-state index is 1.15. The molecule has 0 aliphatic heterocycles. The van der Waals surface area contributed by atoms with E-state index in [0.717, 1.165) is 5.57 Å². The highest BCUT2D eigenvalue weighted by Gasteiger charge is 1.97. The second-order valence-electron chi connectivity index (χ2n) is 6.41. The lowest BCUT2D eigenvalue weighted by Gasteiger charge is -2.05. The number of allylic oxidation sites excluding steroid dienone is 1. The maximum atomic E-state index is 3.98. The van der Waals surface area contributed by atoms with Crippen molar-refractivity contribution in [1.29, 1.82) is 0 Å². The monoisotopic (exact) mass is 286 g/mol. The Morgan fingerprint density at radius 3 is 1.71 bits per heavy atom. The summed E-state index contributed by atoms with van der Waals surface area (Å²) in [5.74, 6) is 0. The molecule has 0 aromatic heterocycles. The van der Waals surface area contributed by atoms with Crippen LogP contribution < -0.4 is 0 Å².